The van der Waals surface area contributed by atoms with Gasteiger partial charge in [0.25, 0.3) is 0 Å². The number of nitrogens with zero attached hydrogens (tertiary/aromatic N) is 2. The van der Waals surface area contributed by atoms with Crippen LogP contribution in [0.4, 0.5) is 13.2 Å². The first-order chi connectivity index (χ1) is 14.4. The standard InChI is InChI=1S/C24H16F3N2P/c25-24(26,27)23(19(16-28)17-29)18-30(20-10-4-1-5-11-20,21-12-6-2-7-13-21)22-14-8-3-9-15-22/h1-15,18H. The van der Waals surface area contributed by atoms with Crippen molar-refractivity contribution in [2.45, 2.75) is 6.18 Å². The molecular formula is C24H16F3N2P. The number of rotatable bonds is 4. The lowest BCUT2D eigenvalue weighted by molar-refractivity contribution is -0.0857. The number of alkyl halides is 3. The van der Waals surface area contributed by atoms with Crippen molar-refractivity contribution in [3.05, 3.63) is 102 Å². The van der Waals surface area contributed by atoms with Crippen molar-refractivity contribution in [1.82, 2.24) is 0 Å². The second kappa shape index (κ2) is 8.87. The summed E-state index contributed by atoms with van der Waals surface area (Å²) in [4.78, 5) is 0. The molecule has 0 heterocycles. The Balaban J connectivity index is 2.59. The van der Waals surface area contributed by atoms with Crippen LogP contribution in [0.1, 0.15) is 0 Å². The average Bonchev–Trinajstić information content (AvgIpc) is 2.78. The molecule has 0 atom stereocenters. The molecule has 0 N–H and O–H groups in total. The first kappa shape index (κ1) is 21.2. The van der Waals surface area contributed by atoms with Crippen LogP contribution in [0.5, 0.6) is 0 Å². The second-order valence-corrected chi connectivity index (χ2v) is 9.62. The zero-order valence-corrected chi connectivity index (χ0v) is 16.6. The van der Waals surface area contributed by atoms with Crippen LogP contribution >= 0.6 is 6.89 Å². The maximum Gasteiger partial charge on any atom is 0.418 e. The van der Waals surface area contributed by atoms with E-state index < -0.39 is 24.2 Å². The largest absolute Gasteiger partial charge is 0.418 e. The minimum Gasteiger partial charge on any atom is -0.192 e. The van der Waals surface area contributed by atoms with E-state index >= 15 is 0 Å². The van der Waals surface area contributed by atoms with Crippen LogP contribution in [0, 0.1) is 22.7 Å². The van der Waals surface area contributed by atoms with E-state index in [4.69, 9.17) is 0 Å². The van der Waals surface area contributed by atoms with Gasteiger partial charge in [-0.15, -0.1) is 0 Å². The molecule has 0 aromatic heterocycles. The summed E-state index contributed by atoms with van der Waals surface area (Å²) in [5.74, 6) is 1.11. The van der Waals surface area contributed by atoms with Gasteiger partial charge in [0.05, 0.1) is 5.57 Å². The Kier molecular flexibility index (Phi) is 6.26. The topological polar surface area (TPSA) is 47.6 Å². The van der Waals surface area contributed by atoms with Crippen molar-refractivity contribution in [1.29, 1.82) is 10.5 Å². The number of benzene rings is 3. The van der Waals surface area contributed by atoms with Gasteiger partial charge in [-0.3, -0.25) is 0 Å². The highest BCUT2D eigenvalue weighted by Crippen LogP contribution is 2.46. The maximum atomic E-state index is 14.0. The highest BCUT2D eigenvalue weighted by atomic mass is 31.2. The fraction of sp³-hybridized carbons (Fsp3) is 0.0417. The molecular weight excluding hydrogens is 404 g/mol. The lowest BCUT2D eigenvalue weighted by Gasteiger charge is -2.29. The summed E-state index contributed by atoms with van der Waals surface area (Å²) < 4.78 is 42.1. The summed E-state index contributed by atoms with van der Waals surface area (Å²) in [6, 6.07) is 29.6. The normalized spacial score (nSPS) is 11.1. The molecule has 3 aromatic rings. The summed E-state index contributed by atoms with van der Waals surface area (Å²) in [5.41, 5.74) is -2.16. The van der Waals surface area contributed by atoms with Gasteiger partial charge in [0.1, 0.15) is 17.7 Å². The van der Waals surface area contributed by atoms with Gasteiger partial charge in [-0.1, -0.05) is 91.0 Å². The molecule has 0 amide bonds. The predicted molar refractivity (Wildman–Crippen MR) is 116 cm³/mol. The van der Waals surface area contributed by atoms with E-state index in [1.54, 1.807) is 91.0 Å². The highest BCUT2D eigenvalue weighted by Gasteiger charge is 2.38. The maximum absolute atomic E-state index is 14.0. The summed E-state index contributed by atoms with van der Waals surface area (Å²) in [7, 11) is 0. The Bertz CT molecular complexity index is 1070. The van der Waals surface area contributed by atoms with E-state index in [0.29, 0.717) is 15.9 Å². The molecule has 3 rings (SSSR count). The first-order valence-electron chi connectivity index (χ1n) is 8.96. The molecule has 0 saturated carbocycles. The molecule has 0 bridgehead atoms. The van der Waals surface area contributed by atoms with Crippen LogP contribution < -0.4 is 15.9 Å². The molecule has 0 saturated heterocycles. The number of allylic oxidation sites excluding steroid dienone is 2. The summed E-state index contributed by atoms with van der Waals surface area (Å²) in [6.45, 7) is -2.99. The van der Waals surface area contributed by atoms with Gasteiger partial charge in [-0.2, -0.15) is 23.7 Å². The molecule has 148 valence electrons. The smallest absolute Gasteiger partial charge is 0.192 e. The first-order valence-corrected chi connectivity index (χ1v) is 10.8. The Hall–Kier alpha value is -3.53. The molecule has 6 heteroatoms. The van der Waals surface area contributed by atoms with Crippen molar-refractivity contribution >= 4 is 28.6 Å². The molecule has 0 fully saturated rings. The van der Waals surface area contributed by atoms with E-state index in [1.807, 2.05) is 0 Å². The fourth-order valence-corrected chi connectivity index (χ4v) is 7.21. The third-order valence-electron chi connectivity index (χ3n) is 4.61. The quantitative estimate of drug-likeness (QED) is 0.454. The number of nitriles is 2. The number of halogens is 3. The van der Waals surface area contributed by atoms with E-state index in [1.165, 1.54) is 12.1 Å². The van der Waals surface area contributed by atoms with Crippen molar-refractivity contribution in [3.8, 4) is 12.1 Å². The van der Waals surface area contributed by atoms with Crippen LogP contribution in [0.15, 0.2) is 102 Å². The number of hydrogen-bond acceptors (Lipinski definition) is 2. The SMILES string of the molecule is N#CC(C#N)=C(C=P(c1ccccc1)(c1ccccc1)c1ccccc1)C(F)(F)F. The lowest BCUT2D eigenvalue weighted by atomic mass is 10.1. The number of hydrogen-bond donors (Lipinski definition) is 0. The van der Waals surface area contributed by atoms with Gasteiger partial charge in [0.15, 0.2) is 0 Å². The molecule has 0 aliphatic rings. The van der Waals surface area contributed by atoms with Crippen molar-refractivity contribution < 1.29 is 13.2 Å². The van der Waals surface area contributed by atoms with E-state index in [0.717, 1.165) is 5.80 Å². The zero-order chi connectivity index (χ0) is 21.6. The minimum atomic E-state index is -4.86. The van der Waals surface area contributed by atoms with Gasteiger partial charge < -0.3 is 0 Å². The average molecular weight is 420 g/mol. The molecule has 0 spiro atoms. The van der Waals surface area contributed by atoms with Gasteiger partial charge >= 0.3 is 6.18 Å². The van der Waals surface area contributed by atoms with Gasteiger partial charge in [-0.25, -0.2) is 0 Å². The monoisotopic (exact) mass is 420 g/mol. The van der Waals surface area contributed by atoms with Crippen molar-refractivity contribution in [3.63, 3.8) is 0 Å². The molecule has 0 radical (unpaired) electrons. The molecule has 0 aliphatic carbocycles. The molecule has 30 heavy (non-hydrogen) atoms. The Morgan fingerprint density at radius 1 is 0.667 bits per heavy atom. The Morgan fingerprint density at radius 3 is 1.27 bits per heavy atom. The molecule has 0 aliphatic heterocycles. The van der Waals surface area contributed by atoms with Crippen LogP contribution in [0.2, 0.25) is 0 Å². The minimum absolute atomic E-state index is 0.694. The van der Waals surface area contributed by atoms with Crippen molar-refractivity contribution in [2.75, 3.05) is 0 Å². The Morgan fingerprint density at radius 2 is 1.00 bits per heavy atom. The van der Waals surface area contributed by atoms with Crippen LogP contribution in [-0.2, 0) is 0 Å². The van der Waals surface area contributed by atoms with Gasteiger partial charge in [0, 0.05) is 0 Å². The summed E-state index contributed by atoms with van der Waals surface area (Å²) in [5, 5.41) is 20.5. The fourth-order valence-electron chi connectivity index (χ4n) is 3.28. The van der Waals surface area contributed by atoms with E-state index in [2.05, 4.69) is 0 Å². The summed E-state index contributed by atoms with van der Waals surface area (Å²) >= 11 is 0. The van der Waals surface area contributed by atoms with Crippen LogP contribution in [0.25, 0.3) is 0 Å². The predicted octanol–water partition coefficient (Wildman–Crippen LogP) is 4.69. The van der Waals surface area contributed by atoms with Crippen LogP contribution in [0.3, 0.4) is 0 Å². The third kappa shape index (κ3) is 4.08. The summed E-state index contributed by atoms with van der Waals surface area (Å²) in [6.07, 6.45) is -4.86. The molecule has 0 unspecified atom stereocenters. The van der Waals surface area contributed by atoms with Crippen LogP contribution in [-0.4, -0.2) is 12.0 Å². The van der Waals surface area contributed by atoms with Gasteiger partial charge in [0.2, 0.25) is 0 Å². The second-order valence-electron chi connectivity index (χ2n) is 6.37. The third-order valence-corrected chi connectivity index (χ3v) is 8.60. The van der Waals surface area contributed by atoms with Crippen molar-refractivity contribution in [2.24, 2.45) is 0 Å². The Labute approximate surface area is 173 Å². The van der Waals surface area contributed by atoms with Gasteiger partial charge in [-0.05, 0) is 28.6 Å². The molecule has 2 nitrogen and oxygen atoms in total. The highest BCUT2D eigenvalue weighted by molar-refractivity contribution is 7.94. The van der Waals surface area contributed by atoms with E-state index in [-0.39, 0.29) is 0 Å². The molecule has 3 aromatic carbocycles. The zero-order valence-electron chi connectivity index (χ0n) is 15.7. The lowest BCUT2D eigenvalue weighted by Crippen LogP contribution is -2.29. The van der Waals surface area contributed by atoms with E-state index in [9.17, 15) is 23.7 Å².